The summed E-state index contributed by atoms with van der Waals surface area (Å²) in [6.07, 6.45) is 0.901. The standard InChI is InChI=1S/C15H23NO2/c1-12-5-3-6-14(9-12)15(17)11-16-7-4-8-18-13(2)10-16/h3,5-6,9,13,15,17H,4,7-8,10-11H2,1-2H3. The van der Waals surface area contributed by atoms with Crippen LogP contribution in [0, 0.1) is 6.92 Å². The summed E-state index contributed by atoms with van der Waals surface area (Å²) < 4.78 is 5.62. The summed E-state index contributed by atoms with van der Waals surface area (Å²) in [6.45, 7) is 7.58. The molecule has 0 aliphatic carbocycles. The van der Waals surface area contributed by atoms with Crippen LogP contribution in [-0.2, 0) is 4.74 Å². The quantitative estimate of drug-likeness (QED) is 0.891. The molecule has 2 unspecified atom stereocenters. The molecule has 0 bridgehead atoms. The number of nitrogens with zero attached hydrogens (tertiary/aromatic N) is 1. The Kier molecular flexibility index (Phi) is 4.75. The van der Waals surface area contributed by atoms with Crippen molar-refractivity contribution in [3.63, 3.8) is 0 Å². The molecule has 1 aliphatic rings. The molecule has 3 nitrogen and oxygen atoms in total. The van der Waals surface area contributed by atoms with Crippen molar-refractivity contribution in [3.05, 3.63) is 35.4 Å². The second kappa shape index (κ2) is 6.32. The number of ether oxygens (including phenoxy) is 1. The van der Waals surface area contributed by atoms with Gasteiger partial charge in [0, 0.05) is 26.2 Å². The Labute approximate surface area is 109 Å². The first-order valence-corrected chi connectivity index (χ1v) is 6.74. The summed E-state index contributed by atoms with van der Waals surface area (Å²) in [5.74, 6) is 0. The smallest absolute Gasteiger partial charge is 0.0917 e. The average molecular weight is 249 g/mol. The van der Waals surface area contributed by atoms with Crippen molar-refractivity contribution in [2.75, 3.05) is 26.2 Å². The van der Waals surface area contributed by atoms with Crippen LogP contribution in [0.5, 0.6) is 0 Å². The molecule has 1 fully saturated rings. The molecular weight excluding hydrogens is 226 g/mol. The normalized spacial score (nSPS) is 23.6. The number of rotatable bonds is 3. The molecule has 0 aromatic heterocycles. The number of aliphatic hydroxyl groups excluding tert-OH is 1. The summed E-state index contributed by atoms with van der Waals surface area (Å²) in [5, 5.41) is 10.3. The van der Waals surface area contributed by atoms with Crippen LogP contribution in [0.25, 0.3) is 0 Å². The summed E-state index contributed by atoms with van der Waals surface area (Å²) in [6, 6.07) is 8.11. The van der Waals surface area contributed by atoms with Crippen molar-refractivity contribution in [2.24, 2.45) is 0 Å². The maximum atomic E-state index is 10.3. The van der Waals surface area contributed by atoms with E-state index in [0.717, 1.165) is 31.7 Å². The fourth-order valence-corrected chi connectivity index (χ4v) is 2.47. The molecule has 1 saturated heterocycles. The second-order valence-electron chi connectivity index (χ2n) is 5.22. The maximum Gasteiger partial charge on any atom is 0.0917 e. The number of β-amino-alcohol motifs (C(OH)–C–C–N with tert-alkyl or cyclic N) is 1. The van der Waals surface area contributed by atoms with Crippen LogP contribution in [0.4, 0.5) is 0 Å². The Morgan fingerprint density at radius 1 is 1.50 bits per heavy atom. The monoisotopic (exact) mass is 249 g/mol. The van der Waals surface area contributed by atoms with Crippen molar-refractivity contribution < 1.29 is 9.84 Å². The van der Waals surface area contributed by atoms with E-state index in [-0.39, 0.29) is 6.10 Å². The van der Waals surface area contributed by atoms with E-state index in [4.69, 9.17) is 4.74 Å². The Balaban J connectivity index is 1.95. The lowest BCUT2D eigenvalue weighted by Crippen LogP contribution is -2.33. The Bertz CT molecular complexity index is 381. The average Bonchev–Trinajstić information content (AvgIpc) is 2.53. The Morgan fingerprint density at radius 2 is 2.33 bits per heavy atom. The van der Waals surface area contributed by atoms with E-state index >= 15 is 0 Å². The fourth-order valence-electron chi connectivity index (χ4n) is 2.47. The van der Waals surface area contributed by atoms with Gasteiger partial charge in [0.2, 0.25) is 0 Å². The van der Waals surface area contributed by atoms with Gasteiger partial charge in [-0.2, -0.15) is 0 Å². The minimum absolute atomic E-state index is 0.261. The zero-order valence-corrected chi connectivity index (χ0v) is 11.3. The van der Waals surface area contributed by atoms with Crippen molar-refractivity contribution in [1.29, 1.82) is 0 Å². The van der Waals surface area contributed by atoms with Gasteiger partial charge in [0.25, 0.3) is 0 Å². The third kappa shape index (κ3) is 3.80. The molecule has 1 aliphatic heterocycles. The van der Waals surface area contributed by atoms with E-state index in [1.165, 1.54) is 5.56 Å². The summed E-state index contributed by atoms with van der Waals surface area (Å²) in [7, 11) is 0. The molecule has 2 rings (SSSR count). The van der Waals surface area contributed by atoms with E-state index in [2.05, 4.69) is 30.9 Å². The van der Waals surface area contributed by atoms with Crippen LogP contribution in [0.3, 0.4) is 0 Å². The van der Waals surface area contributed by atoms with Gasteiger partial charge in [-0.1, -0.05) is 29.8 Å². The van der Waals surface area contributed by atoms with E-state index < -0.39 is 6.10 Å². The van der Waals surface area contributed by atoms with Gasteiger partial charge < -0.3 is 9.84 Å². The van der Waals surface area contributed by atoms with Gasteiger partial charge in [0.1, 0.15) is 0 Å². The first kappa shape index (κ1) is 13.5. The lowest BCUT2D eigenvalue weighted by molar-refractivity contribution is 0.0562. The van der Waals surface area contributed by atoms with E-state index in [9.17, 15) is 5.11 Å². The molecule has 0 radical (unpaired) electrons. The number of aryl methyl sites for hydroxylation is 1. The van der Waals surface area contributed by atoms with Crippen molar-refractivity contribution in [3.8, 4) is 0 Å². The summed E-state index contributed by atoms with van der Waals surface area (Å²) in [5.41, 5.74) is 2.20. The molecule has 1 aromatic rings. The number of hydrogen-bond acceptors (Lipinski definition) is 3. The summed E-state index contributed by atoms with van der Waals surface area (Å²) >= 11 is 0. The van der Waals surface area contributed by atoms with Crippen molar-refractivity contribution in [2.45, 2.75) is 32.5 Å². The minimum Gasteiger partial charge on any atom is -0.387 e. The van der Waals surface area contributed by atoms with Gasteiger partial charge in [0.15, 0.2) is 0 Å². The highest BCUT2D eigenvalue weighted by molar-refractivity contribution is 5.24. The first-order chi connectivity index (χ1) is 8.65. The van der Waals surface area contributed by atoms with Crippen molar-refractivity contribution in [1.82, 2.24) is 4.90 Å². The molecule has 100 valence electrons. The molecule has 0 spiro atoms. The van der Waals surface area contributed by atoms with E-state index in [1.54, 1.807) is 0 Å². The van der Waals surface area contributed by atoms with E-state index in [0.29, 0.717) is 6.54 Å². The molecular formula is C15H23NO2. The molecule has 1 aromatic carbocycles. The number of aliphatic hydroxyl groups is 1. The summed E-state index contributed by atoms with van der Waals surface area (Å²) in [4.78, 5) is 2.30. The molecule has 18 heavy (non-hydrogen) atoms. The first-order valence-electron chi connectivity index (χ1n) is 6.74. The Morgan fingerprint density at radius 3 is 3.11 bits per heavy atom. The minimum atomic E-state index is -0.407. The predicted octanol–water partition coefficient (Wildman–Crippen LogP) is 2.14. The fraction of sp³-hybridized carbons (Fsp3) is 0.600. The molecule has 2 atom stereocenters. The third-order valence-electron chi connectivity index (χ3n) is 3.39. The van der Waals surface area contributed by atoms with Gasteiger partial charge in [-0.15, -0.1) is 0 Å². The van der Waals surface area contributed by atoms with Crippen LogP contribution in [0.15, 0.2) is 24.3 Å². The highest BCUT2D eigenvalue weighted by atomic mass is 16.5. The van der Waals surface area contributed by atoms with Crippen LogP contribution in [0.1, 0.15) is 30.6 Å². The van der Waals surface area contributed by atoms with Crippen LogP contribution in [0.2, 0.25) is 0 Å². The molecule has 0 saturated carbocycles. The van der Waals surface area contributed by atoms with Crippen molar-refractivity contribution >= 4 is 0 Å². The third-order valence-corrected chi connectivity index (χ3v) is 3.39. The Hall–Kier alpha value is -0.900. The largest absolute Gasteiger partial charge is 0.387 e. The highest BCUT2D eigenvalue weighted by Gasteiger charge is 2.18. The van der Waals surface area contributed by atoms with Gasteiger partial charge in [-0.25, -0.2) is 0 Å². The van der Waals surface area contributed by atoms with Gasteiger partial charge in [0.05, 0.1) is 12.2 Å². The molecule has 1 heterocycles. The molecule has 3 heteroatoms. The molecule has 0 amide bonds. The number of benzene rings is 1. The SMILES string of the molecule is Cc1cccc(C(O)CN2CCCOC(C)C2)c1. The van der Waals surface area contributed by atoms with Gasteiger partial charge in [-0.05, 0) is 25.8 Å². The lowest BCUT2D eigenvalue weighted by Gasteiger charge is -2.24. The second-order valence-corrected chi connectivity index (χ2v) is 5.22. The maximum absolute atomic E-state index is 10.3. The molecule has 1 N–H and O–H groups in total. The van der Waals surface area contributed by atoms with Crippen LogP contribution < -0.4 is 0 Å². The van der Waals surface area contributed by atoms with Crippen LogP contribution >= 0.6 is 0 Å². The van der Waals surface area contributed by atoms with Gasteiger partial charge in [-0.3, -0.25) is 4.90 Å². The van der Waals surface area contributed by atoms with E-state index in [1.807, 2.05) is 12.1 Å². The van der Waals surface area contributed by atoms with Crippen LogP contribution in [-0.4, -0.2) is 42.4 Å². The lowest BCUT2D eigenvalue weighted by atomic mass is 10.1. The highest BCUT2D eigenvalue weighted by Crippen LogP contribution is 2.17. The predicted molar refractivity (Wildman–Crippen MR) is 72.6 cm³/mol. The topological polar surface area (TPSA) is 32.7 Å². The number of hydrogen-bond donors (Lipinski definition) is 1. The zero-order chi connectivity index (χ0) is 13.0. The van der Waals surface area contributed by atoms with Gasteiger partial charge >= 0.3 is 0 Å². The zero-order valence-electron chi connectivity index (χ0n) is 11.3.